The van der Waals surface area contributed by atoms with Crippen molar-refractivity contribution in [1.29, 1.82) is 21.0 Å². The highest BCUT2D eigenvalue weighted by atomic mass is 32.2. The molecule has 4 amide bonds. The highest BCUT2D eigenvalue weighted by Gasteiger charge is 2.47. The summed E-state index contributed by atoms with van der Waals surface area (Å²) in [5.41, 5.74) is 38.8. The van der Waals surface area contributed by atoms with E-state index in [0.29, 0.717) is 108 Å². The van der Waals surface area contributed by atoms with Crippen molar-refractivity contribution in [3.8, 4) is 103 Å². The Morgan fingerprint density at radius 2 is 0.887 bits per heavy atom. The molecule has 1 unspecified atom stereocenters. The molecular weight excluding hydrogens is 1790 g/mol. The molecule has 7 aliphatic rings. The minimum atomic E-state index is -4.30. The number of anilines is 7. The van der Waals surface area contributed by atoms with E-state index in [9.17, 15) is 60.1 Å². The highest BCUT2D eigenvalue weighted by molar-refractivity contribution is 7.93. The highest BCUT2D eigenvalue weighted by Crippen LogP contribution is 2.47. The van der Waals surface area contributed by atoms with E-state index in [0.717, 1.165) is 50.9 Å². The molecule has 7 aliphatic heterocycles. The van der Waals surface area contributed by atoms with E-state index in [4.69, 9.17) is 41.9 Å². The summed E-state index contributed by atoms with van der Waals surface area (Å²) in [6.07, 6.45) is 6.56. The summed E-state index contributed by atoms with van der Waals surface area (Å²) >= 11 is -1.86. The van der Waals surface area contributed by atoms with Crippen LogP contribution in [0, 0.1) is 79.9 Å². The van der Waals surface area contributed by atoms with E-state index < -0.39 is 78.1 Å². The van der Waals surface area contributed by atoms with E-state index in [1.165, 1.54) is 58.9 Å². The number of carbonyl (C=O) groups is 2. The van der Waals surface area contributed by atoms with Gasteiger partial charge in [0.05, 0.1) is 65.2 Å². The number of nitrogens with one attached hydrogen (secondary N) is 2. The molecule has 47 heteroatoms. The average molecular weight is 1870 g/mol. The number of aromatic nitrogens is 14. The fourth-order valence-electron chi connectivity index (χ4n) is 16.7. The fourth-order valence-corrected chi connectivity index (χ4v) is 21.8. The molecular formula is C86H82N30O13S4. The third kappa shape index (κ3) is 15.7. The predicted octanol–water partition coefficient (Wildman–Crippen LogP) is 9.35. The molecule has 8 bridgehead atoms. The molecule has 0 spiro atoms. The van der Waals surface area contributed by atoms with Crippen LogP contribution in [0.1, 0.15) is 142 Å². The number of pyridine rings is 4. The molecule has 43 nitrogen and oxygen atoms in total. The number of hydrazine groups is 3. The second-order valence-corrected chi connectivity index (χ2v) is 38.0. The number of imidazole rings is 1. The van der Waals surface area contributed by atoms with Gasteiger partial charge in [0.2, 0.25) is 21.2 Å². The first kappa shape index (κ1) is 88.8. The van der Waals surface area contributed by atoms with Gasteiger partial charge in [-0.25, -0.2) is 70.6 Å². The second-order valence-electron chi connectivity index (χ2n) is 31.9. The summed E-state index contributed by atoms with van der Waals surface area (Å²) in [5, 5.41) is 60.9. The first-order valence-electron chi connectivity index (χ1n) is 40.8. The smallest absolute Gasteiger partial charge is 0.352 e. The second kappa shape index (κ2) is 33.7. The molecule has 3 fully saturated rings. The van der Waals surface area contributed by atoms with Gasteiger partial charge >= 0.3 is 32.5 Å². The van der Waals surface area contributed by atoms with Crippen LogP contribution in [0.15, 0.2) is 134 Å². The molecule has 3 saturated heterocycles. The minimum absolute atomic E-state index is 0.0227. The molecule has 0 saturated carbocycles. The zero-order chi connectivity index (χ0) is 94.8. The SMILES string of the molecule is Cc1ccc2c(c1)[C@@H](C)Oc1cc(cnc1N)-c1c(C#N)c(C)nn1S(=O)(=O)n1ccnc1-2.Cc1ccc2c(c1)[C@@H](C)Oc1cc(cnc1N)-c1c(nn(C)c1C#N)CN1C(=O)NS(=O)(=O)N21.Cc1ccc2c(c1)[C@@H](C)Oc1cc(cnc1N)-c1c(nn(C)c1C#N)CN1C(=O)NS(=O)N21.Cc1ccc2c(c1)[C@@H](C)Oc1cc(cnc1N)-c1c(nn(C)c1C#N)CN1CCS(=O)(=O)N21. The van der Waals surface area contributed by atoms with Gasteiger partial charge in [-0.2, -0.15) is 76.5 Å². The molecule has 0 radical (unpaired) electrons. The number of nitrogens with two attached hydrogens (primary N) is 4. The van der Waals surface area contributed by atoms with Gasteiger partial charge in [0.25, 0.3) is 0 Å². The van der Waals surface area contributed by atoms with Crippen molar-refractivity contribution < 1.29 is 58.0 Å². The maximum atomic E-state index is 13.8. The van der Waals surface area contributed by atoms with Crippen LogP contribution in [0.4, 0.5) is 49.9 Å². The molecule has 10 N–H and O–H groups in total. The van der Waals surface area contributed by atoms with Crippen LogP contribution >= 0.6 is 0 Å². The van der Waals surface area contributed by atoms with Crippen molar-refractivity contribution in [2.24, 2.45) is 21.1 Å². The van der Waals surface area contributed by atoms with Crippen LogP contribution in [0.2, 0.25) is 0 Å². The first-order chi connectivity index (χ1) is 63.3. The van der Waals surface area contributed by atoms with Crippen LogP contribution in [0.5, 0.6) is 23.0 Å². The van der Waals surface area contributed by atoms with E-state index >= 15 is 0 Å². The molecule has 678 valence electrons. The molecule has 133 heavy (non-hydrogen) atoms. The first-order valence-corrected chi connectivity index (χ1v) is 46.4. The van der Waals surface area contributed by atoms with E-state index in [2.05, 4.69) is 74.3 Å². The molecule has 5 atom stereocenters. The number of nitrogen functional groups attached to an aromatic ring is 4. The number of nitrogens with zero attached hydrogens (tertiary/aromatic N) is 24. The number of carbonyl (C=O) groups excluding carboxylic acids is 2. The lowest BCUT2D eigenvalue weighted by Gasteiger charge is -2.31. The molecule has 13 aromatic rings. The normalized spacial score (nSPS) is 18.3. The Balaban J connectivity index is 0.000000124. The van der Waals surface area contributed by atoms with Gasteiger partial charge < -0.3 is 41.9 Å². The topological polar surface area (TPSA) is 574 Å². The van der Waals surface area contributed by atoms with E-state index in [1.54, 1.807) is 107 Å². The number of benzene rings is 4. The molecule has 20 rings (SSSR count). The summed E-state index contributed by atoms with van der Waals surface area (Å²) in [5.74, 6) is 2.10. The van der Waals surface area contributed by atoms with Crippen LogP contribution in [0.25, 0.3) is 56.0 Å². The Morgan fingerprint density at radius 1 is 0.481 bits per heavy atom. The number of nitriles is 4. The largest absolute Gasteiger partial charge is 0.482 e. The van der Waals surface area contributed by atoms with Gasteiger partial charge in [-0.15, -0.1) is 4.09 Å². The zero-order valence-electron chi connectivity index (χ0n) is 73.0. The van der Waals surface area contributed by atoms with Gasteiger partial charge in [0, 0.05) is 132 Å². The lowest BCUT2D eigenvalue weighted by atomic mass is 10.00. The van der Waals surface area contributed by atoms with Crippen LogP contribution < -0.4 is 64.6 Å². The van der Waals surface area contributed by atoms with Crippen molar-refractivity contribution >= 4 is 94.0 Å². The number of hydrogen-bond acceptors (Lipinski definition) is 31. The van der Waals surface area contributed by atoms with E-state index in [-0.39, 0.29) is 100 Å². The summed E-state index contributed by atoms with van der Waals surface area (Å²) in [6, 6.07) is 35.7. The zero-order valence-corrected chi connectivity index (χ0v) is 76.3. The number of hydrogen-bond donors (Lipinski definition) is 6. The quantitative estimate of drug-likeness (QED) is 0.0822. The van der Waals surface area contributed by atoms with E-state index in [1.807, 2.05) is 89.6 Å². The fraction of sp³-hybridized carbons (Fsp3) is 0.244. The Labute approximate surface area is 763 Å². The number of amides is 4. The van der Waals surface area contributed by atoms with Crippen molar-refractivity contribution in [2.45, 2.75) is 106 Å². The van der Waals surface area contributed by atoms with Crippen molar-refractivity contribution in [1.82, 2.24) is 91.9 Å². The predicted molar refractivity (Wildman–Crippen MR) is 485 cm³/mol. The number of sulfonamides is 1. The molecule has 9 aromatic heterocycles. The molecule has 4 aromatic carbocycles. The van der Waals surface area contributed by atoms with Crippen LogP contribution in [0.3, 0.4) is 0 Å². The Morgan fingerprint density at radius 3 is 1.35 bits per heavy atom. The number of aryl methyl sites for hydroxylation is 8. The maximum absolute atomic E-state index is 13.8. The average Bonchev–Trinajstić information content (AvgIpc) is 1.60. The molecule has 0 aliphatic carbocycles. The maximum Gasteiger partial charge on any atom is 0.352 e. The third-order valence-corrected chi connectivity index (χ3v) is 28.4. The van der Waals surface area contributed by atoms with Crippen LogP contribution in [-0.4, -0.2) is 136 Å². The third-order valence-electron chi connectivity index (χ3n) is 22.9. The number of urea groups is 2. The number of rotatable bonds is 0. The van der Waals surface area contributed by atoms with Crippen molar-refractivity contribution in [3.05, 3.63) is 224 Å². The van der Waals surface area contributed by atoms with Gasteiger partial charge in [-0.1, -0.05) is 76.9 Å². The molecule has 16 heterocycles. The summed E-state index contributed by atoms with van der Waals surface area (Å²) in [7, 11) is -7.23. The lowest BCUT2D eigenvalue weighted by Crippen LogP contribution is -2.41. The monoisotopic (exact) mass is 1870 g/mol. The lowest BCUT2D eigenvalue weighted by molar-refractivity contribution is 0.208. The summed E-state index contributed by atoms with van der Waals surface area (Å²) in [4.78, 5) is 47.0. The summed E-state index contributed by atoms with van der Waals surface area (Å²) < 4.78 is 132. The minimum Gasteiger partial charge on any atom is -0.482 e. The van der Waals surface area contributed by atoms with Gasteiger partial charge in [0.1, 0.15) is 77.0 Å². The Kier molecular flexibility index (Phi) is 22.5. The van der Waals surface area contributed by atoms with Gasteiger partial charge in [0.15, 0.2) is 52.1 Å². The summed E-state index contributed by atoms with van der Waals surface area (Å²) in [6.45, 7) is 16.8. The number of fused-ring (bicyclic) bond motifs is 28. The van der Waals surface area contributed by atoms with Crippen LogP contribution in [-0.2, 0) is 82.4 Å². The van der Waals surface area contributed by atoms with Crippen molar-refractivity contribution in [2.75, 3.05) is 48.5 Å². The Hall–Kier alpha value is -16.2. The van der Waals surface area contributed by atoms with Crippen molar-refractivity contribution in [3.63, 3.8) is 0 Å². The number of ether oxygens (including phenoxy) is 4. The standard InChI is InChI=1S/C22H23N7O3S.C22H19N7O3S.C21H20N8O4S.C21H20N8O3S/c1-13-4-5-18-16(8-13)14(2)32-20-9-15(11-25-22(20)24)21-17(26-27(3)19(21)10-23)12-28-6-7-33(30,31)29(18)28;1-12-4-5-16-17(8-12)14(3)32-19-9-15(11-26-21(19)24)20-18(10-23)13(2)27-29(20)33(30,31)28-7-6-25-22(16)28;1-11-4-5-16-14(6-11)12(2)33-18-7-13(9-24-20(18)23)19-15(25-27(3)17(19)8-22)10-28-21(30)26-34(31,32)29(16)28;1-11-4-5-16-14(6-11)12(2)32-18-7-13(9-24-20(18)23)19-15(25-27(3)17(19)8-22)10-28-21(30)26-33(31)29(16)28/h4-5,8-9,11,14H,6-7,12H2,1-3H3,(H2,24,25);4-9,11,14H,1-3H3,(H2,24,26);4-7,9,12H,10H2,1-3H3,(H2,23,24)(H,26,30);4-7,9,12H,10H2,1-3H3,(H2,23,24)(H,26,30)/t2*14-;12-;12-,33?/m1111/s1. The van der Waals surface area contributed by atoms with Gasteiger partial charge in [-0.3, -0.25) is 14.0 Å². The Bertz CT molecular complexity index is 7670. The van der Waals surface area contributed by atoms with Gasteiger partial charge in [-0.05, 0) is 105 Å².